The zero-order valence-electron chi connectivity index (χ0n) is 11.1. The Balaban J connectivity index is 1.93. The molecule has 0 radical (unpaired) electrons. The first-order chi connectivity index (χ1) is 9.69. The minimum atomic E-state index is -0.314. The van der Waals surface area contributed by atoms with Crippen LogP contribution in [0.4, 0.5) is 4.39 Å². The van der Waals surface area contributed by atoms with E-state index in [1.807, 2.05) is 0 Å². The van der Waals surface area contributed by atoms with Crippen LogP contribution in [0, 0.1) is 5.82 Å². The first-order valence-corrected chi connectivity index (χ1v) is 6.59. The summed E-state index contributed by atoms with van der Waals surface area (Å²) in [5.74, 6) is -0.314. The van der Waals surface area contributed by atoms with Crippen LogP contribution in [0.15, 0.2) is 24.4 Å². The molecule has 108 valence electrons. The lowest BCUT2D eigenvalue weighted by Gasteiger charge is -2.03. The summed E-state index contributed by atoms with van der Waals surface area (Å²) in [4.78, 5) is 0. The van der Waals surface area contributed by atoms with E-state index < -0.39 is 0 Å². The molecule has 1 heterocycles. The summed E-state index contributed by atoms with van der Waals surface area (Å²) in [5.41, 5.74) is 1.49. The van der Waals surface area contributed by atoms with Gasteiger partial charge in [-0.05, 0) is 23.8 Å². The summed E-state index contributed by atoms with van der Waals surface area (Å²) in [7, 11) is 1.65. The molecule has 0 atom stereocenters. The van der Waals surface area contributed by atoms with E-state index in [1.54, 1.807) is 18.0 Å². The monoisotopic (exact) mass is 298 g/mol. The van der Waals surface area contributed by atoms with Crippen molar-refractivity contribution < 1.29 is 9.13 Å². The lowest BCUT2D eigenvalue weighted by molar-refractivity contribution is 0.199. The molecule has 0 aliphatic carbocycles. The van der Waals surface area contributed by atoms with Gasteiger partial charge in [-0.25, -0.2) is 9.07 Å². The Morgan fingerprint density at radius 1 is 1.45 bits per heavy atom. The second-order valence-corrected chi connectivity index (χ2v) is 4.72. The highest BCUT2D eigenvalue weighted by Crippen LogP contribution is 2.17. The summed E-state index contributed by atoms with van der Waals surface area (Å²) in [6, 6.07) is 4.27. The normalized spacial score (nSPS) is 10.9. The van der Waals surface area contributed by atoms with Crippen LogP contribution in [0.25, 0.3) is 0 Å². The third kappa shape index (κ3) is 4.26. The molecule has 0 saturated heterocycles. The van der Waals surface area contributed by atoms with Gasteiger partial charge in [0, 0.05) is 25.2 Å². The van der Waals surface area contributed by atoms with Crippen LogP contribution in [0.1, 0.15) is 11.3 Å². The molecule has 7 heteroatoms. The maximum atomic E-state index is 13.2. The zero-order chi connectivity index (χ0) is 14.4. The number of nitrogens with one attached hydrogen (secondary N) is 1. The fourth-order valence-corrected chi connectivity index (χ4v) is 1.90. The Hall–Kier alpha value is -1.50. The van der Waals surface area contributed by atoms with Crippen LogP contribution in [-0.2, 0) is 17.8 Å². The van der Waals surface area contributed by atoms with Crippen molar-refractivity contribution >= 4 is 11.6 Å². The first-order valence-electron chi connectivity index (χ1n) is 6.21. The van der Waals surface area contributed by atoms with Crippen molar-refractivity contribution in [1.29, 1.82) is 0 Å². The van der Waals surface area contributed by atoms with Crippen LogP contribution < -0.4 is 5.32 Å². The number of rotatable bonds is 7. The van der Waals surface area contributed by atoms with Gasteiger partial charge in [0.05, 0.1) is 25.0 Å². The van der Waals surface area contributed by atoms with Gasteiger partial charge in [-0.3, -0.25) is 0 Å². The van der Waals surface area contributed by atoms with Crippen molar-refractivity contribution in [3.8, 4) is 0 Å². The number of aromatic nitrogens is 3. The van der Waals surface area contributed by atoms with Crippen molar-refractivity contribution in [3.05, 3.63) is 46.5 Å². The molecule has 0 saturated carbocycles. The fraction of sp³-hybridized carbons (Fsp3) is 0.385. The van der Waals surface area contributed by atoms with E-state index in [0.29, 0.717) is 30.3 Å². The smallest absolute Gasteiger partial charge is 0.123 e. The predicted molar refractivity (Wildman–Crippen MR) is 74.1 cm³/mol. The highest BCUT2D eigenvalue weighted by atomic mass is 35.5. The predicted octanol–water partition coefficient (Wildman–Crippen LogP) is 1.85. The van der Waals surface area contributed by atoms with Crippen molar-refractivity contribution in [2.24, 2.45) is 0 Å². The van der Waals surface area contributed by atoms with Crippen molar-refractivity contribution in [2.75, 3.05) is 20.3 Å². The topological polar surface area (TPSA) is 52.0 Å². The molecular weight excluding hydrogens is 283 g/mol. The minimum Gasteiger partial charge on any atom is -0.383 e. The van der Waals surface area contributed by atoms with E-state index in [9.17, 15) is 4.39 Å². The number of methoxy groups -OCH3 is 1. The van der Waals surface area contributed by atoms with Gasteiger partial charge in [-0.1, -0.05) is 16.8 Å². The largest absolute Gasteiger partial charge is 0.383 e. The zero-order valence-corrected chi connectivity index (χ0v) is 11.9. The molecule has 0 aliphatic heterocycles. The Kier molecular flexibility index (Phi) is 5.46. The second-order valence-electron chi connectivity index (χ2n) is 4.31. The number of hydrogen-bond acceptors (Lipinski definition) is 4. The van der Waals surface area contributed by atoms with E-state index in [4.69, 9.17) is 16.3 Å². The summed E-state index contributed by atoms with van der Waals surface area (Å²) in [6.07, 6.45) is 1.81. The van der Waals surface area contributed by atoms with E-state index in [1.165, 1.54) is 18.2 Å². The van der Waals surface area contributed by atoms with Crippen LogP contribution in [0.3, 0.4) is 0 Å². The minimum absolute atomic E-state index is 0.314. The number of nitrogens with zero attached hydrogens (tertiary/aromatic N) is 3. The third-order valence-corrected chi connectivity index (χ3v) is 3.08. The fourth-order valence-electron chi connectivity index (χ4n) is 1.73. The average molecular weight is 299 g/mol. The van der Waals surface area contributed by atoms with Crippen molar-refractivity contribution in [2.45, 2.75) is 13.1 Å². The van der Waals surface area contributed by atoms with Gasteiger partial charge >= 0.3 is 0 Å². The maximum absolute atomic E-state index is 13.2. The molecule has 0 spiro atoms. The Labute approximate surface area is 121 Å². The maximum Gasteiger partial charge on any atom is 0.123 e. The molecule has 5 nitrogen and oxygen atoms in total. The lowest BCUT2D eigenvalue weighted by Crippen LogP contribution is -2.18. The molecule has 0 amide bonds. The SMILES string of the molecule is COCCNCc1cn(Cc2cc(F)ccc2Cl)nn1. The average Bonchev–Trinajstić information content (AvgIpc) is 2.87. The van der Waals surface area contributed by atoms with Gasteiger partial charge in [0.25, 0.3) is 0 Å². The Bertz CT molecular complexity index is 561. The van der Waals surface area contributed by atoms with Crippen LogP contribution in [0.5, 0.6) is 0 Å². The molecule has 1 aromatic carbocycles. The summed E-state index contributed by atoms with van der Waals surface area (Å²) in [5, 5.41) is 11.7. The number of hydrogen-bond donors (Lipinski definition) is 1. The van der Waals surface area contributed by atoms with Gasteiger partial charge < -0.3 is 10.1 Å². The molecule has 1 N–H and O–H groups in total. The van der Waals surface area contributed by atoms with E-state index in [-0.39, 0.29) is 5.82 Å². The van der Waals surface area contributed by atoms with Crippen molar-refractivity contribution in [1.82, 2.24) is 20.3 Å². The molecule has 2 rings (SSSR count). The quantitative estimate of drug-likeness (QED) is 0.793. The van der Waals surface area contributed by atoms with Gasteiger partial charge in [0.15, 0.2) is 0 Å². The van der Waals surface area contributed by atoms with Gasteiger partial charge in [-0.2, -0.15) is 0 Å². The Morgan fingerprint density at radius 3 is 3.10 bits per heavy atom. The van der Waals surface area contributed by atoms with Gasteiger partial charge in [0.1, 0.15) is 5.82 Å². The molecule has 0 aliphatic rings. The standard InChI is InChI=1S/C13H16ClFN4O/c1-20-5-4-16-7-12-9-19(18-17-12)8-10-6-11(15)2-3-13(10)14/h2-3,6,9,16H,4-5,7-8H2,1H3. The summed E-state index contributed by atoms with van der Waals surface area (Å²) in [6.45, 7) is 2.40. The highest BCUT2D eigenvalue weighted by Gasteiger charge is 2.06. The molecule has 2 aromatic rings. The highest BCUT2D eigenvalue weighted by molar-refractivity contribution is 6.31. The summed E-state index contributed by atoms with van der Waals surface area (Å²) < 4.78 is 19.7. The molecule has 1 aromatic heterocycles. The molecule has 20 heavy (non-hydrogen) atoms. The number of benzene rings is 1. The van der Waals surface area contributed by atoms with Crippen molar-refractivity contribution in [3.63, 3.8) is 0 Å². The molecule has 0 bridgehead atoms. The van der Waals surface area contributed by atoms with Crippen LogP contribution in [0.2, 0.25) is 5.02 Å². The first kappa shape index (κ1) is 14.9. The van der Waals surface area contributed by atoms with E-state index >= 15 is 0 Å². The Morgan fingerprint density at radius 2 is 2.30 bits per heavy atom. The van der Waals surface area contributed by atoms with E-state index in [2.05, 4.69) is 15.6 Å². The van der Waals surface area contributed by atoms with Crippen LogP contribution >= 0.6 is 11.6 Å². The van der Waals surface area contributed by atoms with Gasteiger partial charge in [-0.15, -0.1) is 5.10 Å². The van der Waals surface area contributed by atoms with Gasteiger partial charge in [0.2, 0.25) is 0 Å². The molecular formula is C13H16ClFN4O. The summed E-state index contributed by atoms with van der Waals surface area (Å²) >= 11 is 6.02. The third-order valence-electron chi connectivity index (χ3n) is 2.72. The molecule has 0 unspecified atom stereocenters. The number of ether oxygens (including phenoxy) is 1. The second kappa shape index (κ2) is 7.33. The van der Waals surface area contributed by atoms with E-state index in [0.717, 1.165) is 12.2 Å². The lowest BCUT2D eigenvalue weighted by atomic mass is 10.2. The van der Waals surface area contributed by atoms with Crippen LogP contribution in [-0.4, -0.2) is 35.3 Å². The molecule has 0 fully saturated rings. The number of halogens is 2.